The van der Waals surface area contributed by atoms with Gasteiger partial charge in [0.25, 0.3) is 0 Å². The Labute approximate surface area is 188 Å². The van der Waals surface area contributed by atoms with E-state index >= 15 is 8.78 Å². The van der Waals surface area contributed by atoms with Crippen molar-refractivity contribution in [2.75, 3.05) is 31.2 Å². The molecule has 9 heteroatoms. The van der Waals surface area contributed by atoms with Crippen LogP contribution in [0.15, 0.2) is 49.1 Å². The molecule has 0 aliphatic carbocycles. The van der Waals surface area contributed by atoms with Crippen LogP contribution in [0.2, 0.25) is 0 Å². The largest absolute Gasteiger partial charge is 0.382 e. The van der Waals surface area contributed by atoms with Crippen LogP contribution in [0.25, 0.3) is 22.2 Å². The Kier molecular flexibility index (Phi) is 5.65. The van der Waals surface area contributed by atoms with Gasteiger partial charge in [-0.25, -0.2) is 18.7 Å². The molecule has 1 aliphatic rings. The molecule has 1 N–H and O–H groups in total. The second-order valence-corrected chi connectivity index (χ2v) is 7.78. The zero-order valence-electron chi connectivity index (χ0n) is 17.9. The fourth-order valence-corrected chi connectivity index (χ4v) is 4.11. The van der Waals surface area contributed by atoms with Crippen molar-refractivity contribution in [3.05, 3.63) is 77.6 Å². The monoisotopic (exact) mass is 449 g/mol. The topological polar surface area (TPSA) is 84.3 Å². The van der Waals surface area contributed by atoms with Crippen molar-refractivity contribution in [3.63, 3.8) is 0 Å². The number of aliphatic hydroxyl groups excluding tert-OH is 1. The second-order valence-electron chi connectivity index (χ2n) is 7.78. The summed E-state index contributed by atoms with van der Waals surface area (Å²) in [5.74, 6) is -1.24. The van der Waals surface area contributed by atoms with Crippen LogP contribution in [0.4, 0.5) is 14.5 Å². The van der Waals surface area contributed by atoms with Crippen LogP contribution in [-0.2, 0) is 4.74 Å². The Morgan fingerprint density at radius 2 is 1.82 bits per heavy atom. The number of aryl methyl sites for hydroxylation is 1. The summed E-state index contributed by atoms with van der Waals surface area (Å²) < 4.78 is 36.3. The molecule has 1 saturated heterocycles. The number of hydrogen-bond donors (Lipinski definition) is 1. The highest BCUT2D eigenvalue weighted by Gasteiger charge is 2.24. The molecular weight excluding hydrogens is 428 g/mol. The number of ether oxygens (including phenoxy) is 1. The van der Waals surface area contributed by atoms with Crippen LogP contribution >= 0.6 is 0 Å². The van der Waals surface area contributed by atoms with Gasteiger partial charge < -0.3 is 14.7 Å². The number of aliphatic hydroxyl groups is 1. The van der Waals surface area contributed by atoms with E-state index in [2.05, 4.69) is 19.9 Å². The van der Waals surface area contributed by atoms with Crippen LogP contribution < -0.4 is 4.90 Å². The fraction of sp³-hybridized carbons (Fsp3) is 0.250. The summed E-state index contributed by atoms with van der Waals surface area (Å²) in [7, 11) is 0. The van der Waals surface area contributed by atoms with Gasteiger partial charge in [0.15, 0.2) is 0 Å². The summed E-state index contributed by atoms with van der Waals surface area (Å²) in [4.78, 5) is 18.7. The molecule has 0 spiro atoms. The highest BCUT2D eigenvalue weighted by molar-refractivity contribution is 5.94. The van der Waals surface area contributed by atoms with Crippen molar-refractivity contribution in [1.82, 2.24) is 19.9 Å². The van der Waals surface area contributed by atoms with Gasteiger partial charge in [0.1, 0.15) is 24.1 Å². The van der Waals surface area contributed by atoms with Crippen molar-refractivity contribution in [3.8, 4) is 11.3 Å². The lowest BCUT2D eigenvalue weighted by molar-refractivity contribution is 0.122. The molecule has 1 unspecified atom stereocenters. The fourth-order valence-electron chi connectivity index (χ4n) is 4.11. The smallest absolute Gasteiger partial charge is 0.138 e. The lowest BCUT2D eigenvalue weighted by atomic mass is 9.98. The molecule has 1 atom stereocenters. The molecule has 168 valence electrons. The van der Waals surface area contributed by atoms with Gasteiger partial charge in [-0.05, 0) is 25.1 Å². The molecule has 33 heavy (non-hydrogen) atoms. The van der Waals surface area contributed by atoms with E-state index in [9.17, 15) is 5.11 Å². The van der Waals surface area contributed by atoms with E-state index < -0.39 is 17.7 Å². The summed E-state index contributed by atoms with van der Waals surface area (Å²) >= 11 is 0. The Morgan fingerprint density at radius 1 is 1.03 bits per heavy atom. The molecule has 2 aromatic carbocycles. The van der Waals surface area contributed by atoms with Gasteiger partial charge in [0, 0.05) is 42.3 Å². The van der Waals surface area contributed by atoms with Gasteiger partial charge in [0.2, 0.25) is 0 Å². The Morgan fingerprint density at radius 3 is 2.61 bits per heavy atom. The van der Waals surface area contributed by atoms with Gasteiger partial charge in [-0.2, -0.15) is 0 Å². The van der Waals surface area contributed by atoms with Gasteiger partial charge in [0.05, 0.1) is 41.2 Å². The average molecular weight is 449 g/mol. The number of morpholine rings is 1. The first-order valence-corrected chi connectivity index (χ1v) is 10.6. The lowest BCUT2D eigenvalue weighted by Crippen LogP contribution is -2.36. The molecule has 2 aromatic heterocycles. The normalized spacial score (nSPS) is 15.1. The van der Waals surface area contributed by atoms with Crippen molar-refractivity contribution < 1.29 is 18.6 Å². The van der Waals surface area contributed by atoms with Crippen LogP contribution in [0, 0.1) is 18.6 Å². The maximum atomic E-state index is 15.6. The standard InChI is InChI=1S/C24H21F2N5O2/c1-14-22(28-6-5-27-14)24(32)17-4-2-3-16(21(17)26)23-20-18(25)11-15(12-19(20)29-13-30-23)31-7-9-33-10-8-31/h2-6,11-13,24,32H,7-10H2,1H3. The molecular formula is C24H21F2N5O2. The molecule has 1 aliphatic heterocycles. The molecule has 4 aromatic rings. The molecule has 5 rings (SSSR count). The van der Waals surface area contributed by atoms with Gasteiger partial charge in [-0.15, -0.1) is 0 Å². The van der Waals surface area contributed by atoms with Gasteiger partial charge in [-0.3, -0.25) is 9.97 Å². The van der Waals surface area contributed by atoms with Crippen LogP contribution in [0.1, 0.15) is 23.1 Å². The van der Waals surface area contributed by atoms with E-state index in [1.807, 2.05) is 4.90 Å². The lowest BCUT2D eigenvalue weighted by Gasteiger charge is -2.29. The quantitative estimate of drug-likeness (QED) is 0.510. The molecule has 0 saturated carbocycles. The van der Waals surface area contributed by atoms with Crippen molar-refractivity contribution in [2.45, 2.75) is 13.0 Å². The number of nitrogens with zero attached hydrogens (tertiary/aromatic N) is 5. The zero-order valence-corrected chi connectivity index (χ0v) is 17.9. The van der Waals surface area contributed by atoms with Gasteiger partial charge >= 0.3 is 0 Å². The number of benzene rings is 2. The molecule has 0 amide bonds. The number of aromatic nitrogens is 4. The minimum atomic E-state index is -1.33. The Bertz CT molecular complexity index is 1330. The van der Waals surface area contributed by atoms with E-state index in [0.29, 0.717) is 43.2 Å². The predicted molar refractivity (Wildman–Crippen MR) is 119 cm³/mol. The molecule has 0 radical (unpaired) electrons. The van der Waals surface area contributed by atoms with E-state index in [0.717, 1.165) is 0 Å². The Balaban J connectivity index is 1.61. The second kappa shape index (κ2) is 8.76. The van der Waals surface area contributed by atoms with E-state index in [1.165, 1.54) is 36.9 Å². The molecule has 3 heterocycles. The maximum absolute atomic E-state index is 15.6. The van der Waals surface area contributed by atoms with E-state index in [1.54, 1.807) is 19.1 Å². The summed E-state index contributed by atoms with van der Waals surface area (Å²) in [5.41, 5.74) is 2.00. The van der Waals surface area contributed by atoms with Crippen molar-refractivity contribution >= 4 is 16.6 Å². The minimum Gasteiger partial charge on any atom is -0.382 e. The first-order valence-electron chi connectivity index (χ1n) is 10.6. The molecule has 1 fully saturated rings. The third kappa shape index (κ3) is 3.90. The van der Waals surface area contributed by atoms with Gasteiger partial charge in [-0.1, -0.05) is 12.1 Å². The molecule has 0 bridgehead atoms. The predicted octanol–water partition coefficient (Wildman–Crippen LogP) is 3.59. The zero-order chi connectivity index (χ0) is 22.9. The van der Waals surface area contributed by atoms with Crippen LogP contribution in [0.3, 0.4) is 0 Å². The summed E-state index contributed by atoms with van der Waals surface area (Å²) in [6.07, 6.45) is 2.89. The first kappa shape index (κ1) is 21.3. The third-order valence-corrected chi connectivity index (χ3v) is 5.81. The number of hydrogen-bond acceptors (Lipinski definition) is 7. The average Bonchev–Trinajstić information content (AvgIpc) is 2.84. The minimum absolute atomic E-state index is 0.00760. The third-order valence-electron chi connectivity index (χ3n) is 5.81. The highest BCUT2D eigenvalue weighted by atomic mass is 19.1. The van der Waals surface area contributed by atoms with Crippen molar-refractivity contribution in [2.24, 2.45) is 0 Å². The SMILES string of the molecule is Cc1nccnc1C(O)c1cccc(-c2ncnc3cc(N4CCOCC4)cc(F)c23)c1F. The van der Waals surface area contributed by atoms with E-state index in [-0.39, 0.29) is 27.9 Å². The summed E-state index contributed by atoms with van der Waals surface area (Å²) in [6.45, 7) is 4.13. The number of anilines is 1. The van der Waals surface area contributed by atoms with Crippen LogP contribution in [-0.4, -0.2) is 51.3 Å². The summed E-state index contributed by atoms with van der Waals surface area (Å²) in [6, 6.07) is 7.76. The number of halogens is 2. The highest BCUT2D eigenvalue weighted by Crippen LogP contribution is 2.35. The molecule has 7 nitrogen and oxygen atoms in total. The number of rotatable bonds is 4. The first-order chi connectivity index (χ1) is 16.0. The summed E-state index contributed by atoms with van der Waals surface area (Å²) in [5, 5.41) is 10.9. The maximum Gasteiger partial charge on any atom is 0.138 e. The van der Waals surface area contributed by atoms with Crippen molar-refractivity contribution in [1.29, 1.82) is 0 Å². The van der Waals surface area contributed by atoms with Crippen LogP contribution in [0.5, 0.6) is 0 Å². The number of fused-ring (bicyclic) bond motifs is 1. The Hall–Kier alpha value is -3.56. The van der Waals surface area contributed by atoms with E-state index in [4.69, 9.17) is 4.74 Å².